The first-order chi connectivity index (χ1) is 8.22. The number of hydrogen-bond acceptors (Lipinski definition) is 4. The smallest absolute Gasteiger partial charge is 0.122 e. The fourth-order valence-electron chi connectivity index (χ4n) is 1.37. The van der Waals surface area contributed by atoms with Gasteiger partial charge in [-0.2, -0.15) is 0 Å². The Balaban J connectivity index is 2.37. The van der Waals surface area contributed by atoms with E-state index >= 15 is 0 Å². The lowest BCUT2D eigenvalue weighted by molar-refractivity contribution is 0.146. The SMILES string of the molecule is COCCOc1ccnc(CNCC(C)C)c1. The van der Waals surface area contributed by atoms with E-state index in [4.69, 9.17) is 9.47 Å². The maximum atomic E-state index is 5.52. The van der Waals surface area contributed by atoms with E-state index in [0.29, 0.717) is 19.1 Å². The zero-order chi connectivity index (χ0) is 12.5. The van der Waals surface area contributed by atoms with Crippen LogP contribution in [0.4, 0.5) is 0 Å². The summed E-state index contributed by atoms with van der Waals surface area (Å²) in [5.74, 6) is 1.49. The second kappa shape index (κ2) is 8.03. The number of nitrogens with one attached hydrogen (secondary N) is 1. The molecule has 0 aliphatic rings. The Labute approximate surface area is 103 Å². The van der Waals surface area contributed by atoms with Crippen LogP contribution in [0.2, 0.25) is 0 Å². The second-order valence-electron chi connectivity index (χ2n) is 4.35. The number of methoxy groups -OCH3 is 1. The first kappa shape index (κ1) is 13.9. The lowest BCUT2D eigenvalue weighted by atomic mass is 10.2. The van der Waals surface area contributed by atoms with Gasteiger partial charge in [-0.05, 0) is 18.5 Å². The first-order valence-electron chi connectivity index (χ1n) is 5.99. The van der Waals surface area contributed by atoms with E-state index in [1.54, 1.807) is 13.3 Å². The number of ether oxygens (including phenoxy) is 2. The molecule has 0 spiro atoms. The standard InChI is InChI=1S/C13H22N2O2/c1-11(2)9-14-10-12-8-13(4-5-15-12)17-7-6-16-3/h4-5,8,11,14H,6-7,9-10H2,1-3H3. The molecule has 1 rings (SSSR count). The molecular weight excluding hydrogens is 216 g/mol. The molecule has 0 saturated heterocycles. The van der Waals surface area contributed by atoms with Gasteiger partial charge in [0.1, 0.15) is 12.4 Å². The molecule has 0 radical (unpaired) electrons. The van der Waals surface area contributed by atoms with Crippen LogP contribution < -0.4 is 10.1 Å². The summed E-state index contributed by atoms with van der Waals surface area (Å²) in [6, 6.07) is 3.82. The minimum absolute atomic E-state index is 0.569. The van der Waals surface area contributed by atoms with Crippen LogP contribution >= 0.6 is 0 Å². The van der Waals surface area contributed by atoms with E-state index in [1.165, 1.54) is 0 Å². The van der Waals surface area contributed by atoms with Crippen LogP contribution in [0.15, 0.2) is 18.3 Å². The maximum Gasteiger partial charge on any atom is 0.122 e. The first-order valence-corrected chi connectivity index (χ1v) is 5.99. The molecule has 0 aliphatic heterocycles. The highest BCUT2D eigenvalue weighted by Gasteiger charge is 1.99. The summed E-state index contributed by atoms with van der Waals surface area (Å²) in [5, 5.41) is 3.35. The zero-order valence-electron chi connectivity index (χ0n) is 10.9. The van der Waals surface area contributed by atoms with Crippen molar-refractivity contribution in [1.29, 1.82) is 0 Å². The maximum absolute atomic E-state index is 5.52. The van der Waals surface area contributed by atoms with Gasteiger partial charge in [0.2, 0.25) is 0 Å². The molecule has 4 heteroatoms. The Hall–Kier alpha value is -1.13. The quantitative estimate of drug-likeness (QED) is 0.702. The van der Waals surface area contributed by atoms with E-state index in [0.717, 1.165) is 24.5 Å². The van der Waals surface area contributed by atoms with Crippen molar-refractivity contribution in [3.8, 4) is 5.75 Å². The summed E-state index contributed by atoms with van der Waals surface area (Å²) in [6.45, 7) is 7.31. The lowest BCUT2D eigenvalue weighted by Gasteiger charge is -2.09. The normalized spacial score (nSPS) is 10.8. The van der Waals surface area contributed by atoms with Crippen LogP contribution in [-0.2, 0) is 11.3 Å². The summed E-state index contributed by atoms with van der Waals surface area (Å²) in [5.41, 5.74) is 1.00. The topological polar surface area (TPSA) is 43.4 Å². The minimum atomic E-state index is 0.569. The number of rotatable bonds is 8. The molecule has 17 heavy (non-hydrogen) atoms. The molecule has 0 atom stereocenters. The summed E-state index contributed by atoms with van der Waals surface area (Å²) < 4.78 is 10.5. The predicted molar refractivity (Wildman–Crippen MR) is 68.2 cm³/mol. The summed E-state index contributed by atoms with van der Waals surface area (Å²) in [6.07, 6.45) is 1.77. The molecule has 96 valence electrons. The molecular formula is C13H22N2O2. The molecule has 1 aromatic rings. The highest BCUT2D eigenvalue weighted by atomic mass is 16.5. The van der Waals surface area contributed by atoms with E-state index in [2.05, 4.69) is 24.1 Å². The van der Waals surface area contributed by atoms with Crippen LogP contribution in [0.25, 0.3) is 0 Å². The van der Waals surface area contributed by atoms with Crippen molar-refractivity contribution in [3.63, 3.8) is 0 Å². The molecule has 0 unspecified atom stereocenters. The molecule has 1 N–H and O–H groups in total. The third-order valence-electron chi connectivity index (χ3n) is 2.20. The zero-order valence-corrected chi connectivity index (χ0v) is 10.9. The van der Waals surface area contributed by atoms with Crippen LogP contribution in [0.5, 0.6) is 5.75 Å². The third kappa shape index (κ3) is 6.24. The van der Waals surface area contributed by atoms with Gasteiger partial charge in [-0.3, -0.25) is 4.98 Å². The number of pyridine rings is 1. The van der Waals surface area contributed by atoms with Gasteiger partial charge in [-0.25, -0.2) is 0 Å². The summed E-state index contributed by atoms with van der Waals surface area (Å²) in [4.78, 5) is 4.29. The van der Waals surface area contributed by atoms with Crippen LogP contribution in [0.1, 0.15) is 19.5 Å². The predicted octanol–water partition coefficient (Wildman–Crippen LogP) is 1.85. The van der Waals surface area contributed by atoms with E-state index in [-0.39, 0.29) is 0 Å². The van der Waals surface area contributed by atoms with Crippen LogP contribution in [0, 0.1) is 5.92 Å². The van der Waals surface area contributed by atoms with Crippen molar-refractivity contribution in [3.05, 3.63) is 24.0 Å². The van der Waals surface area contributed by atoms with E-state index in [1.807, 2.05) is 12.1 Å². The van der Waals surface area contributed by atoms with Gasteiger partial charge in [0, 0.05) is 25.9 Å². The van der Waals surface area contributed by atoms with Crippen molar-refractivity contribution in [2.24, 2.45) is 5.92 Å². The largest absolute Gasteiger partial charge is 0.491 e. The molecule has 0 amide bonds. The van der Waals surface area contributed by atoms with Crippen molar-refractivity contribution >= 4 is 0 Å². The molecule has 0 aliphatic carbocycles. The van der Waals surface area contributed by atoms with Gasteiger partial charge >= 0.3 is 0 Å². The molecule has 0 aromatic carbocycles. The second-order valence-corrected chi connectivity index (χ2v) is 4.35. The Kier molecular flexibility index (Phi) is 6.58. The van der Waals surface area contributed by atoms with Crippen molar-refractivity contribution in [1.82, 2.24) is 10.3 Å². The van der Waals surface area contributed by atoms with Gasteiger partial charge in [0.25, 0.3) is 0 Å². The average Bonchev–Trinajstić information content (AvgIpc) is 2.29. The van der Waals surface area contributed by atoms with Crippen molar-refractivity contribution in [2.45, 2.75) is 20.4 Å². The Morgan fingerprint density at radius 2 is 2.18 bits per heavy atom. The fraction of sp³-hybridized carbons (Fsp3) is 0.615. The van der Waals surface area contributed by atoms with Crippen molar-refractivity contribution < 1.29 is 9.47 Å². The molecule has 0 fully saturated rings. The van der Waals surface area contributed by atoms with Crippen molar-refractivity contribution in [2.75, 3.05) is 26.9 Å². The molecule has 4 nitrogen and oxygen atoms in total. The van der Waals surface area contributed by atoms with E-state index in [9.17, 15) is 0 Å². The van der Waals surface area contributed by atoms with Gasteiger partial charge in [0.05, 0.1) is 12.3 Å². The lowest BCUT2D eigenvalue weighted by Crippen LogP contribution is -2.19. The molecule has 0 saturated carbocycles. The van der Waals surface area contributed by atoms with Crippen LogP contribution in [-0.4, -0.2) is 31.9 Å². The number of hydrogen-bond donors (Lipinski definition) is 1. The average molecular weight is 238 g/mol. The monoisotopic (exact) mass is 238 g/mol. The van der Waals surface area contributed by atoms with Gasteiger partial charge < -0.3 is 14.8 Å². The van der Waals surface area contributed by atoms with Gasteiger partial charge in [-0.1, -0.05) is 13.8 Å². The molecule has 1 aromatic heterocycles. The fourth-order valence-corrected chi connectivity index (χ4v) is 1.37. The van der Waals surface area contributed by atoms with Gasteiger partial charge in [0.15, 0.2) is 0 Å². The van der Waals surface area contributed by atoms with Crippen LogP contribution in [0.3, 0.4) is 0 Å². The highest BCUT2D eigenvalue weighted by Crippen LogP contribution is 2.10. The Morgan fingerprint density at radius 1 is 1.35 bits per heavy atom. The Bertz CT molecular complexity index is 316. The number of aromatic nitrogens is 1. The summed E-state index contributed by atoms with van der Waals surface area (Å²) >= 11 is 0. The third-order valence-corrected chi connectivity index (χ3v) is 2.20. The molecule has 0 bridgehead atoms. The summed E-state index contributed by atoms with van der Waals surface area (Å²) in [7, 11) is 1.66. The molecule has 1 heterocycles. The highest BCUT2D eigenvalue weighted by molar-refractivity contribution is 5.22. The van der Waals surface area contributed by atoms with Gasteiger partial charge in [-0.15, -0.1) is 0 Å². The minimum Gasteiger partial charge on any atom is -0.491 e. The van der Waals surface area contributed by atoms with E-state index < -0.39 is 0 Å². The number of nitrogens with zero attached hydrogens (tertiary/aromatic N) is 1. The Morgan fingerprint density at radius 3 is 2.88 bits per heavy atom.